The van der Waals surface area contributed by atoms with Crippen molar-refractivity contribution in [3.05, 3.63) is 53.8 Å². The summed E-state index contributed by atoms with van der Waals surface area (Å²) < 4.78 is 23.8. The number of ether oxygens (including phenoxy) is 2. The van der Waals surface area contributed by atoms with Gasteiger partial charge in [0.15, 0.2) is 11.5 Å². The molecule has 5 nitrogen and oxygen atoms in total. The summed E-state index contributed by atoms with van der Waals surface area (Å²) in [5, 5.41) is 2.67. The Morgan fingerprint density at radius 3 is 2.58 bits per heavy atom. The summed E-state index contributed by atoms with van der Waals surface area (Å²) in [6.07, 6.45) is 0. The Morgan fingerprint density at radius 1 is 1.17 bits per heavy atom. The van der Waals surface area contributed by atoms with E-state index in [-0.39, 0.29) is 18.3 Å². The number of rotatable bonds is 7. The summed E-state index contributed by atoms with van der Waals surface area (Å²) >= 11 is 0. The lowest BCUT2D eigenvalue weighted by Crippen LogP contribution is -2.30. The first-order valence-electron chi connectivity index (χ1n) is 7.47. The summed E-state index contributed by atoms with van der Waals surface area (Å²) in [4.78, 5) is 13.9. The first-order chi connectivity index (χ1) is 11.5. The van der Waals surface area contributed by atoms with Crippen LogP contribution >= 0.6 is 0 Å². The van der Waals surface area contributed by atoms with E-state index in [0.29, 0.717) is 23.7 Å². The smallest absolute Gasteiger partial charge is 0.238 e. The van der Waals surface area contributed by atoms with Crippen LogP contribution in [0.15, 0.2) is 42.5 Å². The molecule has 0 unspecified atom stereocenters. The zero-order valence-electron chi connectivity index (χ0n) is 14.0. The van der Waals surface area contributed by atoms with Gasteiger partial charge in [0.05, 0.1) is 20.8 Å². The molecular formula is C18H21FN2O3. The highest BCUT2D eigenvalue weighted by Crippen LogP contribution is 2.31. The Bertz CT molecular complexity index is 706. The van der Waals surface area contributed by atoms with Crippen molar-refractivity contribution in [2.45, 2.75) is 6.54 Å². The van der Waals surface area contributed by atoms with Crippen molar-refractivity contribution in [1.29, 1.82) is 0 Å². The van der Waals surface area contributed by atoms with Gasteiger partial charge in [0, 0.05) is 17.8 Å². The van der Waals surface area contributed by atoms with Crippen LogP contribution in [0.4, 0.5) is 10.1 Å². The lowest BCUT2D eigenvalue weighted by molar-refractivity contribution is -0.117. The lowest BCUT2D eigenvalue weighted by Gasteiger charge is -2.19. The molecule has 0 fully saturated rings. The molecule has 1 amide bonds. The van der Waals surface area contributed by atoms with Gasteiger partial charge in [-0.25, -0.2) is 4.39 Å². The normalized spacial score (nSPS) is 10.5. The summed E-state index contributed by atoms with van der Waals surface area (Å²) in [6, 6.07) is 11.4. The van der Waals surface area contributed by atoms with E-state index < -0.39 is 0 Å². The second-order valence-corrected chi connectivity index (χ2v) is 5.38. The highest BCUT2D eigenvalue weighted by Gasteiger charge is 2.13. The summed E-state index contributed by atoms with van der Waals surface area (Å²) in [6.45, 7) is 0.674. The molecule has 0 bridgehead atoms. The van der Waals surface area contributed by atoms with Crippen molar-refractivity contribution >= 4 is 11.6 Å². The molecule has 2 rings (SSSR count). The number of benzene rings is 2. The monoisotopic (exact) mass is 332 g/mol. The zero-order chi connectivity index (χ0) is 17.5. The number of carbonyl (C=O) groups excluding carboxylic acids is 1. The van der Waals surface area contributed by atoms with Gasteiger partial charge in [0.2, 0.25) is 5.91 Å². The highest BCUT2D eigenvalue weighted by atomic mass is 19.1. The van der Waals surface area contributed by atoms with Gasteiger partial charge in [-0.2, -0.15) is 0 Å². The quantitative estimate of drug-likeness (QED) is 0.847. The third kappa shape index (κ3) is 4.70. The Kier molecular flexibility index (Phi) is 6.14. The van der Waals surface area contributed by atoms with Crippen LogP contribution in [0.3, 0.4) is 0 Å². The third-order valence-corrected chi connectivity index (χ3v) is 3.45. The van der Waals surface area contributed by atoms with Crippen LogP contribution in [0.1, 0.15) is 5.56 Å². The molecular weight excluding hydrogens is 311 g/mol. The maximum atomic E-state index is 13.1. The number of hydrogen-bond donors (Lipinski definition) is 1. The number of nitrogens with zero attached hydrogens (tertiary/aromatic N) is 1. The van der Waals surface area contributed by atoms with Gasteiger partial charge in [-0.15, -0.1) is 0 Å². The molecule has 0 saturated heterocycles. The van der Waals surface area contributed by atoms with Crippen LogP contribution in [-0.2, 0) is 11.3 Å². The fourth-order valence-corrected chi connectivity index (χ4v) is 2.44. The van der Waals surface area contributed by atoms with Gasteiger partial charge < -0.3 is 14.8 Å². The number of anilines is 1. The van der Waals surface area contributed by atoms with Crippen LogP contribution in [0, 0.1) is 5.82 Å². The number of carbonyl (C=O) groups is 1. The number of methoxy groups -OCH3 is 2. The number of hydrogen-bond acceptors (Lipinski definition) is 4. The van der Waals surface area contributed by atoms with E-state index in [2.05, 4.69) is 5.32 Å². The van der Waals surface area contributed by atoms with Crippen LogP contribution in [0.5, 0.6) is 11.5 Å². The van der Waals surface area contributed by atoms with E-state index in [1.54, 1.807) is 26.4 Å². The number of likely N-dealkylation sites (N-methyl/N-ethyl adjacent to an activating group) is 1. The van der Waals surface area contributed by atoms with Gasteiger partial charge in [0.1, 0.15) is 5.82 Å². The minimum atomic E-state index is -0.387. The first-order valence-corrected chi connectivity index (χ1v) is 7.47. The van der Waals surface area contributed by atoms with E-state index in [9.17, 15) is 9.18 Å². The number of para-hydroxylation sites is 1. The highest BCUT2D eigenvalue weighted by molar-refractivity contribution is 5.92. The van der Waals surface area contributed by atoms with Crippen LogP contribution in [-0.4, -0.2) is 38.6 Å². The van der Waals surface area contributed by atoms with Crippen molar-refractivity contribution in [3.8, 4) is 11.5 Å². The van der Waals surface area contributed by atoms with Crippen LogP contribution in [0.2, 0.25) is 0 Å². The molecule has 2 aromatic rings. The van der Waals surface area contributed by atoms with Gasteiger partial charge in [0.25, 0.3) is 0 Å². The van der Waals surface area contributed by atoms with Crippen molar-refractivity contribution in [1.82, 2.24) is 4.90 Å². The van der Waals surface area contributed by atoms with Gasteiger partial charge in [-0.3, -0.25) is 9.69 Å². The molecule has 1 N–H and O–H groups in total. The number of halogens is 1. The molecule has 6 heteroatoms. The average Bonchev–Trinajstić information content (AvgIpc) is 2.54. The predicted molar refractivity (Wildman–Crippen MR) is 90.9 cm³/mol. The predicted octanol–water partition coefficient (Wildman–Crippen LogP) is 2.91. The number of nitrogens with one attached hydrogen (secondary N) is 1. The van der Waals surface area contributed by atoms with Gasteiger partial charge >= 0.3 is 0 Å². The Labute approximate surface area is 141 Å². The van der Waals surface area contributed by atoms with Crippen molar-refractivity contribution in [3.63, 3.8) is 0 Å². The second-order valence-electron chi connectivity index (χ2n) is 5.38. The first kappa shape index (κ1) is 17.7. The fraction of sp³-hybridized carbons (Fsp3) is 0.278. The maximum absolute atomic E-state index is 13.1. The van der Waals surface area contributed by atoms with Gasteiger partial charge in [-0.05, 0) is 31.3 Å². The molecule has 0 spiro atoms. The molecule has 0 aliphatic carbocycles. The van der Waals surface area contributed by atoms with E-state index in [1.807, 2.05) is 30.1 Å². The summed E-state index contributed by atoms with van der Waals surface area (Å²) in [5.41, 5.74) is 1.35. The molecule has 0 aliphatic heterocycles. The SMILES string of the molecule is COc1cccc(CN(C)CC(=O)Nc2cccc(F)c2)c1OC. The molecule has 128 valence electrons. The zero-order valence-corrected chi connectivity index (χ0v) is 14.0. The Morgan fingerprint density at radius 2 is 1.92 bits per heavy atom. The molecule has 0 aliphatic rings. The van der Waals surface area contributed by atoms with Crippen LogP contribution in [0.25, 0.3) is 0 Å². The topological polar surface area (TPSA) is 50.8 Å². The van der Waals surface area contributed by atoms with E-state index in [0.717, 1.165) is 5.56 Å². The van der Waals surface area contributed by atoms with E-state index in [1.165, 1.54) is 12.1 Å². The molecule has 0 saturated carbocycles. The molecule has 0 radical (unpaired) electrons. The minimum absolute atomic E-state index is 0.164. The maximum Gasteiger partial charge on any atom is 0.238 e. The molecule has 2 aromatic carbocycles. The fourth-order valence-electron chi connectivity index (χ4n) is 2.44. The van der Waals surface area contributed by atoms with Crippen molar-refractivity contribution in [2.24, 2.45) is 0 Å². The lowest BCUT2D eigenvalue weighted by atomic mass is 10.1. The Balaban J connectivity index is 1.98. The van der Waals surface area contributed by atoms with Crippen molar-refractivity contribution in [2.75, 3.05) is 33.1 Å². The average molecular weight is 332 g/mol. The standard InChI is InChI=1S/C18H21FN2O3/c1-21(11-13-6-4-9-16(23-2)18(13)24-3)12-17(22)20-15-8-5-7-14(19)10-15/h4-10H,11-12H2,1-3H3,(H,20,22). The van der Waals surface area contributed by atoms with Crippen LogP contribution < -0.4 is 14.8 Å². The van der Waals surface area contributed by atoms with Gasteiger partial charge in [-0.1, -0.05) is 18.2 Å². The second kappa shape index (κ2) is 8.31. The molecule has 0 atom stereocenters. The number of amides is 1. The van der Waals surface area contributed by atoms with E-state index in [4.69, 9.17) is 9.47 Å². The molecule has 0 heterocycles. The Hall–Kier alpha value is -2.60. The molecule has 24 heavy (non-hydrogen) atoms. The van der Waals surface area contributed by atoms with Crippen molar-refractivity contribution < 1.29 is 18.7 Å². The minimum Gasteiger partial charge on any atom is -0.493 e. The van der Waals surface area contributed by atoms with E-state index >= 15 is 0 Å². The summed E-state index contributed by atoms with van der Waals surface area (Å²) in [7, 11) is 4.99. The molecule has 0 aromatic heterocycles. The largest absolute Gasteiger partial charge is 0.493 e. The summed E-state index contributed by atoms with van der Waals surface area (Å²) in [5.74, 6) is 0.692. The third-order valence-electron chi connectivity index (χ3n) is 3.45.